The summed E-state index contributed by atoms with van der Waals surface area (Å²) in [5.41, 5.74) is -1.02. The first-order chi connectivity index (χ1) is 10.7. The average molecular weight is 360 g/mol. The van der Waals surface area contributed by atoms with Crippen molar-refractivity contribution in [2.75, 3.05) is 0 Å². The van der Waals surface area contributed by atoms with Crippen LogP contribution in [0.25, 0.3) is 0 Å². The summed E-state index contributed by atoms with van der Waals surface area (Å²) in [5, 5.41) is 6.48. The highest BCUT2D eigenvalue weighted by molar-refractivity contribution is 7.96. The molecule has 1 unspecified atom stereocenters. The molecule has 4 aliphatic rings. The van der Waals surface area contributed by atoms with Crippen molar-refractivity contribution in [3.8, 4) is 0 Å². The van der Waals surface area contributed by atoms with Crippen molar-refractivity contribution < 1.29 is 41.7 Å². The van der Waals surface area contributed by atoms with Gasteiger partial charge in [0.15, 0.2) is 0 Å². The molecule has 0 aromatic rings. The zero-order chi connectivity index (χ0) is 16.9. The third-order valence-electron chi connectivity index (χ3n) is 5.10. The predicted octanol–water partition coefficient (Wildman–Crippen LogP) is 3.80. The Balaban J connectivity index is 1.76. The van der Waals surface area contributed by atoms with Crippen molar-refractivity contribution in [2.24, 2.45) is 17.8 Å². The fourth-order valence-corrected chi connectivity index (χ4v) is 5.01. The van der Waals surface area contributed by atoms with Crippen molar-refractivity contribution in [1.82, 2.24) is 0 Å². The molecule has 0 amide bonds. The smallest absolute Gasteiger partial charge is 0.446 e. The number of rotatable bonds is 5. The zero-order valence-electron chi connectivity index (χ0n) is 12.0. The van der Waals surface area contributed by atoms with Crippen molar-refractivity contribution in [1.29, 1.82) is 0 Å². The van der Waals surface area contributed by atoms with Crippen LogP contribution >= 0.6 is 12.0 Å². The summed E-state index contributed by atoms with van der Waals surface area (Å²) in [6.45, 7) is 0. The van der Waals surface area contributed by atoms with Gasteiger partial charge in [-0.15, -0.1) is 4.33 Å². The number of alkyl halides is 4. The average Bonchev–Trinajstić information content (AvgIpc) is 2.41. The maximum atomic E-state index is 14.2. The Kier molecular flexibility index (Phi) is 4.31. The van der Waals surface area contributed by atoms with Gasteiger partial charge in [-0.1, -0.05) is 5.04 Å². The van der Waals surface area contributed by atoms with E-state index in [0.29, 0.717) is 37.0 Å². The van der Waals surface area contributed by atoms with Gasteiger partial charge in [0.25, 0.3) is 0 Å². The molecule has 4 fully saturated rings. The number of hydrogen-bond donors (Lipinski definition) is 1. The molecule has 4 bridgehead atoms. The molecule has 5 nitrogen and oxygen atoms in total. The molecule has 23 heavy (non-hydrogen) atoms. The molecule has 0 aliphatic heterocycles. The van der Waals surface area contributed by atoms with Crippen LogP contribution in [0.2, 0.25) is 0 Å². The van der Waals surface area contributed by atoms with Crippen molar-refractivity contribution in [2.45, 2.75) is 55.3 Å². The molecule has 4 saturated carbocycles. The standard InChI is InChI=1S/C13H16F4O5S/c14-12(13(15,16)17,23-22-21-19)10(18)20-11-4-7-1-8(5-11)3-9(2-7)6-11/h7-9,19H,1-6H2. The normalized spacial score (nSPS) is 38.4. The predicted molar refractivity (Wildman–Crippen MR) is 69.3 cm³/mol. The lowest BCUT2D eigenvalue weighted by molar-refractivity contribution is -0.433. The fourth-order valence-electron chi connectivity index (χ4n) is 4.68. The van der Waals surface area contributed by atoms with Crippen LogP contribution in [0.3, 0.4) is 0 Å². The number of carbonyl (C=O) groups is 1. The number of hydrogen-bond acceptors (Lipinski definition) is 6. The van der Waals surface area contributed by atoms with Crippen LogP contribution in [-0.2, 0) is 18.9 Å². The number of ether oxygens (including phenoxy) is 1. The van der Waals surface area contributed by atoms with Gasteiger partial charge < -0.3 is 4.74 Å². The summed E-state index contributed by atoms with van der Waals surface area (Å²) in [7, 11) is 0. The van der Waals surface area contributed by atoms with E-state index >= 15 is 0 Å². The Morgan fingerprint density at radius 3 is 1.91 bits per heavy atom. The summed E-state index contributed by atoms with van der Waals surface area (Å²) < 4.78 is 61.6. The Labute approximate surface area is 133 Å². The van der Waals surface area contributed by atoms with E-state index in [2.05, 4.69) is 9.37 Å². The highest BCUT2D eigenvalue weighted by Gasteiger charge is 2.67. The molecule has 1 atom stereocenters. The Morgan fingerprint density at radius 2 is 1.52 bits per heavy atom. The number of carbonyl (C=O) groups excluding carboxylic acids is 1. The molecular formula is C13H16F4O5S. The Morgan fingerprint density at radius 1 is 1.04 bits per heavy atom. The van der Waals surface area contributed by atoms with Gasteiger partial charge in [-0.25, -0.2) is 14.4 Å². The lowest BCUT2D eigenvalue weighted by Crippen LogP contribution is -2.56. The SMILES string of the molecule is O=C(OC12CC3CC(CC(C3)C1)C2)C(F)(SOOO)C(F)(F)F. The van der Waals surface area contributed by atoms with E-state index in [1.54, 1.807) is 0 Å². The third kappa shape index (κ3) is 3.06. The molecule has 0 heterocycles. The molecule has 0 saturated heterocycles. The van der Waals surface area contributed by atoms with Gasteiger partial charge in [-0.3, -0.25) is 0 Å². The minimum Gasteiger partial charge on any atom is -0.456 e. The largest absolute Gasteiger partial charge is 0.456 e. The van der Waals surface area contributed by atoms with E-state index < -0.39 is 34.8 Å². The van der Waals surface area contributed by atoms with E-state index in [0.717, 1.165) is 19.3 Å². The van der Waals surface area contributed by atoms with Gasteiger partial charge in [0.2, 0.25) is 0 Å². The van der Waals surface area contributed by atoms with Crippen LogP contribution in [0.1, 0.15) is 38.5 Å². The summed E-state index contributed by atoms with van der Waals surface area (Å²) in [5.74, 6) is -1.11. The third-order valence-corrected chi connectivity index (χ3v) is 5.85. The zero-order valence-corrected chi connectivity index (χ0v) is 12.8. The highest BCUT2D eigenvalue weighted by Crippen LogP contribution is 2.58. The molecule has 0 aromatic carbocycles. The Hall–Kier alpha value is -0.580. The van der Waals surface area contributed by atoms with Crippen molar-refractivity contribution in [3.63, 3.8) is 0 Å². The second-order valence-corrected chi connectivity index (χ2v) is 7.67. The van der Waals surface area contributed by atoms with Gasteiger partial charge in [0, 0.05) is 0 Å². The molecule has 0 radical (unpaired) electrons. The quantitative estimate of drug-likeness (QED) is 0.265. The molecule has 132 valence electrons. The molecule has 0 aromatic heterocycles. The van der Waals surface area contributed by atoms with E-state index in [9.17, 15) is 22.4 Å². The van der Waals surface area contributed by atoms with Gasteiger partial charge in [-0.2, -0.15) is 13.2 Å². The fraction of sp³-hybridized carbons (Fsp3) is 0.923. The van der Waals surface area contributed by atoms with E-state index in [-0.39, 0.29) is 0 Å². The first kappa shape index (κ1) is 17.2. The maximum absolute atomic E-state index is 14.2. The summed E-state index contributed by atoms with van der Waals surface area (Å²) in [6, 6.07) is 0. The lowest BCUT2D eigenvalue weighted by atomic mass is 9.54. The highest BCUT2D eigenvalue weighted by atomic mass is 32.2. The minimum atomic E-state index is -5.57. The monoisotopic (exact) mass is 360 g/mol. The van der Waals surface area contributed by atoms with Crippen LogP contribution in [0.4, 0.5) is 17.6 Å². The van der Waals surface area contributed by atoms with Gasteiger partial charge in [-0.05, 0) is 56.3 Å². The second-order valence-electron chi connectivity index (χ2n) is 6.81. The van der Waals surface area contributed by atoms with Crippen molar-refractivity contribution >= 4 is 18.0 Å². The maximum Gasteiger partial charge on any atom is 0.446 e. The summed E-state index contributed by atoms with van der Waals surface area (Å²) >= 11 is -0.971. The minimum absolute atomic E-state index is 0.318. The van der Waals surface area contributed by atoms with E-state index in [1.165, 1.54) is 0 Å². The Bertz CT molecular complexity index is 450. The van der Waals surface area contributed by atoms with Crippen molar-refractivity contribution in [3.05, 3.63) is 0 Å². The molecule has 4 aliphatic carbocycles. The first-order valence-corrected chi connectivity index (χ1v) is 8.06. The molecule has 4 rings (SSSR count). The van der Waals surface area contributed by atoms with Crippen LogP contribution < -0.4 is 0 Å². The molecular weight excluding hydrogens is 344 g/mol. The number of halogens is 4. The van der Waals surface area contributed by atoms with E-state index in [4.69, 9.17) is 9.99 Å². The lowest BCUT2D eigenvalue weighted by Gasteiger charge is -2.55. The molecule has 10 heteroatoms. The van der Waals surface area contributed by atoms with Gasteiger partial charge in [0.05, 0.1) is 12.0 Å². The van der Waals surface area contributed by atoms with Crippen LogP contribution in [0.5, 0.6) is 0 Å². The molecule has 1 N–H and O–H groups in total. The van der Waals surface area contributed by atoms with E-state index in [1.807, 2.05) is 0 Å². The second kappa shape index (κ2) is 5.75. The van der Waals surface area contributed by atoms with Gasteiger partial charge in [0.1, 0.15) is 5.60 Å². The topological polar surface area (TPSA) is 65.0 Å². The van der Waals surface area contributed by atoms with Crippen LogP contribution in [0, 0.1) is 17.8 Å². The van der Waals surface area contributed by atoms with Crippen LogP contribution in [-0.4, -0.2) is 28.0 Å². The number of esters is 1. The van der Waals surface area contributed by atoms with Gasteiger partial charge >= 0.3 is 17.1 Å². The first-order valence-electron chi connectivity index (χ1n) is 7.32. The summed E-state index contributed by atoms with van der Waals surface area (Å²) in [6.07, 6.45) is -1.18. The molecule has 0 spiro atoms. The van der Waals surface area contributed by atoms with Crippen LogP contribution in [0.15, 0.2) is 0 Å². The summed E-state index contributed by atoms with van der Waals surface area (Å²) in [4.78, 5) is 11.9.